The summed E-state index contributed by atoms with van der Waals surface area (Å²) in [6, 6.07) is 8.52. The van der Waals surface area contributed by atoms with Crippen LogP contribution in [0.25, 0.3) is 0 Å². The topological polar surface area (TPSA) is 85.7 Å². The first-order valence-corrected chi connectivity index (χ1v) is 12.9. The Kier molecular flexibility index (Phi) is 8.72. The SMILES string of the molecule is C[C@@H]1OC(=O)N(C(=O)N[C@@H]2CCN(C3CCC(c4ccc(F)cc4C#N)CC3)C2)[C@H]1c1ccc(F)c(F)c1.Cl. The van der Waals surface area contributed by atoms with E-state index in [1.807, 2.05) is 0 Å². The predicted octanol–water partition coefficient (Wildman–Crippen LogP) is 5.79. The quantitative estimate of drug-likeness (QED) is 0.510. The van der Waals surface area contributed by atoms with Crippen molar-refractivity contribution in [1.82, 2.24) is 15.1 Å². The lowest BCUT2D eigenvalue weighted by molar-refractivity contribution is 0.137. The summed E-state index contributed by atoms with van der Waals surface area (Å²) < 4.78 is 46.1. The highest BCUT2D eigenvalue weighted by Gasteiger charge is 2.45. The number of hydrogen-bond acceptors (Lipinski definition) is 5. The van der Waals surface area contributed by atoms with E-state index in [1.165, 1.54) is 18.2 Å². The Morgan fingerprint density at radius 2 is 1.79 bits per heavy atom. The number of nitriles is 1. The summed E-state index contributed by atoms with van der Waals surface area (Å²) >= 11 is 0. The standard InChI is InChI=1S/C28H29F3N4O3.ClH/c1-16-26(18-4-9-24(30)25(31)13-18)35(28(37)38-16)27(36)33-21-10-11-34(15-21)22-6-2-17(3-7-22)23-8-5-20(29)12-19(23)14-32;/h4-5,8-9,12-13,16-17,21-22,26H,2-3,6-7,10-11,15H2,1H3,(H,33,36);1H/t16-,17?,21+,22?,26+;/m0./s1. The Morgan fingerprint density at radius 3 is 2.49 bits per heavy atom. The summed E-state index contributed by atoms with van der Waals surface area (Å²) in [5.41, 5.74) is 1.58. The Morgan fingerprint density at radius 1 is 1.05 bits per heavy atom. The third-order valence-electron chi connectivity index (χ3n) is 8.05. The van der Waals surface area contributed by atoms with Crippen LogP contribution in [0.1, 0.15) is 67.7 Å². The van der Waals surface area contributed by atoms with Crippen LogP contribution in [0.4, 0.5) is 22.8 Å². The molecule has 1 aliphatic carbocycles. The molecule has 2 heterocycles. The third kappa shape index (κ3) is 5.85. The molecule has 208 valence electrons. The van der Waals surface area contributed by atoms with Crippen LogP contribution in [0.2, 0.25) is 0 Å². The van der Waals surface area contributed by atoms with Gasteiger partial charge in [0.2, 0.25) is 0 Å². The fourth-order valence-corrected chi connectivity index (χ4v) is 6.14. The van der Waals surface area contributed by atoms with Gasteiger partial charge in [-0.3, -0.25) is 4.90 Å². The smallest absolute Gasteiger partial charge is 0.419 e. The molecule has 2 aliphatic heterocycles. The molecule has 0 radical (unpaired) electrons. The number of hydrogen-bond donors (Lipinski definition) is 1. The average molecular weight is 563 g/mol. The molecule has 5 rings (SSSR count). The minimum absolute atomic E-state index is 0. The number of carbonyl (C=O) groups excluding carboxylic acids is 2. The summed E-state index contributed by atoms with van der Waals surface area (Å²) in [4.78, 5) is 28.9. The number of nitrogens with one attached hydrogen (secondary N) is 1. The van der Waals surface area contributed by atoms with Crippen LogP contribution in [0.3, 0.4) is 0 Å². The van der Waals surface area contributed by atoms with Gasteiger partial charge in [0.1, 0.15) is 18.0 Å². The van der Waals surface area contributed by atoms with Crippen molar-refractivity contribution in [3.8, 4) is 6.07 Å². The molecule has 0 spiro atoms. The number of rotatable bonds is 4. The number of halogens is 4. The molecule has 3 amide bonds. The Labute approximate surface area is 231 Å². The van der Waals surface area contributed by atoms with E-state index in [-0.39, 0.29) is 29.9 Å². The molecule has 2 aromatic rings. The fraction of sp³-hybridized carbons (Fsp3) is 0.464. The first-order valence-electron chi connectivity index (χ1n) is 12.9. The maximum absolute atomic E-state index is 13.9. The molecule has 1 saturated carbocycles. The van der Waals surface area contributed by atoms with Crippen molar-refractivity contribution < 1.29 is 27.5 Å². The summed E-state index contributed by atoms with van der Waals surface area (Å²) in [6.07, 6.45) is 2.84. The number of nitrogens with zero attached hydrogens (tertiary/aromatic N) is 3. The number of urea groups is 1. The Bertz CT molecular complexity index is 1280. The van der Waals surface area contributed by atoms with Crippen LogP contribution < -0.4 is 5.32 Å². The number of likely N-dealkylation sites (tertiary alicyclic amines) is 1. The Balaban J connectivity index is 0.00000353. The molecule has 0 aromatic heterocycles. The van der Waals surface area contributed by atoms with E-state index in [9.17, 15) is 28.0 Å². The van der Waals surface area contributed by atoms with Gasteiger partial charge >= 0.3 is 12.1 Å². The van der Waals surface area contributed by atoms with Crippen LogP contribution in [-0.2, 0) is 4.74 Å². The lowest BCUT2D eigenvalue weighted by Gasteiger charge is -2.35. The molecule has 0 unspecified atom stereocenters. The van der Waals surface area contributed by atoms with E-state index >= 15 is 0 Å². The van der Waals surface area contributed by atoms with Crippen molar-refractivity contribution in [2.45, 2.75) is 69.2 Å². The van der Waals surface area contributed by atoms with Crippen molar-refractivity contribution >= 4 is 24.5 Å². The molecule has 3 fully saturated rings. The van der Waals surface area contributed by atoms with Crippen LogP contribution >= 0.6 is 12.4 Å². The lowest BCUT2D eigenvalue weighted by atomic mass is 9.80. The van der Waals surface area contributed by atoms with Gasteiger partial charge < -0.3 is 10.1 Å². The summed E-state index contributed by atoms with van der Waals surface area (Å²) in [7, 11) is 0. The van der Waals surface area contributed by atoms with E-state index in [0.717, 1.165) is 61.2 Å². The summed E-state index contributed by atoms with van der Waals surface area (Å²) in [5, 5.41) is 12.3. The van der Waals surface area contributed by atoms with Crippen molar-refractivity contribution in [2.75, 3.05) is 13.1 Å². The van der Waals surface area contributed by atoms with Gasteiger partial charge in [-0.05, 0) is 80.3 Å². The third-order valence-corrected chi connectivity index (χ3v) is 8.05. The average Bonchev–Trinajstić information content (AvgIpc) is 3.48. The summed E-state index contributed by atoms with van der Waals surface area (Å²) in [6.45, 7) is 3.04. The van der Waals surface area contributed by atoms with E-state index < -0.39 is 41.7 Å². The van der Waals surface area contributed by atoms with Crippen LogP contribution in [0.15, 0.2) is 36.4 Å². The van der Waals surface area contributed by atoms with Crippen LogP contribution in [-0.4, -0.2) is 53.2 Å². The van der Waals surface area contributed by atoms with Crippen molar-refractivity contribution in [3.05, 3.63) is 70.5 Å². The largest absolute Gasteiger partial charge is 0.443 e. The summed E-state index contributed by atoms with van der Waals surface area (Å²) in [5.74, 6) is -2.25. The molecule has 1 N–H and O–H groups in total. The number of ether oxygens (including phenoxy) is 1. The van der Waals surface area contributed by atoms with E-state index in [2.05, 4.69) is 16.3 Å². The predicted molar refractivity (Wildman–Crippen MR) is 139 cm³/mol. The zero-order chi connectivity index (χ0) is 27.0. The van der Waals surface area contributed by atoms with Gasteiger partial charge in [0.15, 0.2) is 11.6 Å². The molecule has 11 heteroatoms. The van der Waals surface area contributed by atoms with Gasteiger partial charge in [-0.25, -0.2) is 27.7 Å². The number of carbonyl (C=O) groups is 2. The highest BCUT2D eigenvalue weighted by atomic mass is 35.5. The first kappa shape index (κ1) is 28.7. The van der Waals surface area contributed by atoms with E-state index in [1.54, 1.807) is 13.0 Å². The first-order chi connectivity index (χ1) is 18.2. The molecule has 3 aliphatic rings. The highest BCUT2D eigenvalue weighted by molar-refractivity contribution is 5.93. The number of cyclic esters (lactones) is 1. The second kappa shape index (κ2) is 11.8. The number of benzene rings is 2. The van der Waals surface area contributed by atoms with Gasteiger partial charge in [-0.1, -0.05) is 12.1 Å². The minimum atomic E-state index is -1.06. The second-order valence-corrected chi connectivity index (χ2v) is 10.4. The monoisotopic (exact) mass is 562 g/mol. The van der Waals surface area contributed by atoms with Crippen molar-refractivity contribution in [3.63, 3.8) is 0 Å². The van der Waals surface area contributed by atoms with Crippen molar-refractivity contribution in [1.29, 1.82) is 5.26 Å². The second-order valence-electron chi connectivity index (χ2n) is 10.4. The van der Waals surface area contributed by atoms with E-state index in [4.69, 9.17) is 4.74 Å². The lowest BCUT2D eigenvalue weighted by Crippen LogP contribution is -2.48. The van der Waals surface area contributed by atoms with Gasteiger partial charge in [0, 0.05) is 25.2 Å². The van der Waals surface area contributed by atoms with Gasteiger partial charge in [-0.2, -0.15) is 5.26 Å². The molecule has 2 aromatic carbocycles. The van der Waals surface area contributed by atoms with Gasteiger partial charge in [0.05, 0.1) is 11.6 Å². The minimum Gasteiger partial charge on any atom is -0.443 e. The van der Waals surface area contributed by atoms with Crippen molar-refractivity contribution in [2.24, 2.45) is 0 Å². The molecule has 0 bridgehead atoms. The molecule has 3 atom stereocenters. The Hall–Kier alpha value is -3.29. The molecule has 7 nitrogen and oxygen atoms in total. The zero-order valence-electron chi connectivity index (χ0n) is 21.4. The van der Waals surface area contributed by atoms with Gasteiger partial charge in [0.25, 0.3) is 0 Å². The molecular formula is C28H30ClF3N4O3. The molecule has 2 saturated heterocycles. The maximum Gasteiger partial charge on any atom is 0.419 e. The van der Waals surface area contributed by atoms with Gasteiger partial charge in [-0.15, -0.1) is 12.4 Å². The number of imide groups is 1. The molecular weight excluding hydrogens is 533 g/mol. The zero-order valence-corrected chi connectivity index (χ0v) is 22.2. The van der Waals surface area contributed by atoms with Crippen LogP contribution in [0.5, 0.6) is 0 Å². The number of amides is 3. The maximum atomic E-state index is 13.9. The fourth-order valence-electron chi connectivity index (χ4n) is 6.14. The van der Waals surface area contributed by atoms with E-state index in [0.29, 0.717) is 18.2 Å². The highest BCUT2D eigenvalue weighted by Crippen LogP contribution is 2.38. The van der Waals surface area contributed by atoms with Crippen LogP contribution in [0, 0.1) is 28.8 Å². The molecule has 39 heavy (non-hydrogen) atoms. The normalized spacial score (nSPS) is 27.0.